The lowest BCUT2D eigenvalue weighted by molar-refractivity contribution is 0.415. The molecule has 0 bridgehead atoms. The molecule has 4 rings (SSSR count). The van der Waals surface area contributed by atoms with E-state index in [0.717, 1.165) is 22.6 Å². The van der Waals surface area contributed by atoms with Crippen LogP contribution < -0.4 is 9.46 Å². The second kappa shape index (κ2) is 8.22. The van der Waals surface area contributed by atoms with Crippen molar-refractivity contribution in [2.24, 2.45) is 0 Å². The lowest BCUT2D eigenvalue weighted by atomic mass is 10.1. The van der Waals surface area contributed by atoms with Crippen molar-refractivity contribution < 1.29 is 13.2 Å². The Kier molecular flexibility index (Phi) is 5.48. The number of sulfonamides is 1. The molecule has 1 heterocycles. The molecule has 0 fully saturated rings. The van der Waals surface area contributed by atoms with Crippen LogP contribution in [0.3, 0.4) is 0 Å². The van der Waals surface area contributed by atoms with Gasteiger partial charge in [-0.05, 0) is 66.2 Å². The minimum absolute atomic E-state index is 0.146. The summed E-state index contributed by atoms with van der Waals surface area (Å²) in [6, 6.07) is 20.7. The van der Waals surface area contributed by atoms with Crippen LogP contribution in [0.2, 0.25) is 5.02 Å². The molecule has 30 heavy (non-hydrogen) atoms. The number of nitrogens with zero attached hydrogens (tertiary/aromatic N) is 2. The predicted octanol–water partition coefficient (Wildman–Crippen LogP) is 5.00. The van der Waals surface area contributed by atoms with Crippen molar-refractivity contribution in [3.63, 3.8) is 0 Å². The van der Waals surface area contributed by atoms with Gasteiger partial charge in [0.05, 0.1) is 23.9 Å². The van der Waals surface area contributed by atoms with E-state index >= 15 is 0 Å². The number of hydrogen-bond acceptors (Lipinski definition) is 4. The van der Waals surface area contributed by atoms with E-state index in [1.54, 1.807) is 42.3 Å². The molecule has 0 amide bonds. The molecule has 0 aliphatic carbocycles. The van der Waals surface area contributed by atoms with Crippen molar-refractivity contribution in [1.82, 2.24) is 9.78 Å². The van der Waals surface area contributed by atoms with Crippen LogP contribution in [0.15, 0.2) is 90.1 Å². The molecule has 8 heteroatoms. The molecule has 0 spiro atoms. The molecule has 6 nitrogen and oxygen atoms in total. The highest BCUT2D eigenvalue weighted by molar-refractivity contribution is 7.92. The fourth-order valence-corrected chi connectivity index (χ4v) is 4.09. The standard InChI is InChI=1S/C22H18ClN3O3S/c1-29-21-10-2-16(3-11-21)17-14-24-26(15-17)20-8-6-19(7-9-20)25-30(27,28)22-12-4-18(23)5-13-22/h2-15,25H,1H3. The van der Waals surface area contributed by atoms with Gasteiger partial charge < -0.3 is 4.74 Å². The second-order valence-corrected chi connectivity index (χ2v) is 8.63. The Labute approximate surface area is 179 Å². The molecule has 1 N–H and O–H groups in total. The number of nitrogens with one attached hydrogen (secondary N) is 1. The number of ether oxygens (including phenoxy) is 1. The monoisotopic (exact) mass is 439 g/mol. The van der Waals surface area contributed by atoms with Gasteiger partial charge in [0.25, 0.3) is 10.0 Å². The number of aromatic nitrogens is 2. The normalized spacial score (nSPS) is 11.3. The fourth-order valence-electron chi connectivity index (χ4n) is 2.91. The molecule has 152 valence electrons. The van der Waals surface area contributed by atoms with Crippen LogP contribution in [0.25, 0.3) is 16.8 Å². The molecule has 0 saturated carbocycles. The molecular formula is C22H18ClN3O3S. The average Bonchev–Trinajstić information content (AvgIpc) is 3.25. The van der Waals surface area contributed by atoms with E-state index in [2.05, 4.69) is 9.82 Å². The second-order valence-electron chi connectivity index (χ2n) is 6.51. The molecule has 0 radical (unpaired) electrons. The molecule has 4 aromatic rings. The highest BCUT2D eigenvalue weighted by atomic mass is 35.5. The van der Waals surface area contributed by atoms with E-state index in [1.807, 2.05) is 30.5 Å². The summed E-state index contributed by atoms with van der Waals surface area (Å²) in [5.74, 6) is 0.794. The van der Waals surface area contributed by atoms with Gasteiger partial charge in [0, 0.05) is 22.5 Å². The molecule has 0 saturated heterocycles. The molecule has 0 unspecified atom stereocenters. The third-order valence-electron chi connectivity index (χ3n) is 4.51. The largest absolute Gasteiger partial charge is 0.497 e. The summed E-state index contributed by atoms with van der Waals surface area (Å²) in [4.78, 5) is 0.146. The van der Waals surface area contributed by atoms with Crippen LogP contribution in [0, 0.1) is 0 Å². The Morgan fingerprint density at radius 3 is 2.20 bits per heavy atom. The maximum absolute atomic E-state index is 12.5. The summed E-state index contributed by atoms with van der Waals surface area (Å²) < 4.78 is 34.5. The quantitative estimate of drug-likeness (QED) is 0.458. The predicted molar refractivity (Wildman–Crippen MR) is 118 cm³/mol. The van der Waals surface area contributed by atoms with Crippen LogP contribution in [0.5, 0.6) is 5.75 Å². The van der Waals surface area contributed by atoms with E-state index in [-0.39, 0.29) is 4.90 Å². The van der Waals surface area contributed by atoms with Crippen molar-refractivity contribution in [2.45, 2.75) is 4.90 Å². The Morgan fingerprint density at radius 2 is 1.57 bits per heavy atom. The Morgan fingerprint density at radius 1 is 0.900 bits per heavy atom. The summed E-state index contributed by atoms with van der Waals surface area (Å²) in [6.07, 6.45) is 3.69. The number of rotatable bonds is 6. The van der Waals surface area contributed by atoms with Gasteiger partial charge >= 0.3 is 0 Å². The van der Waals surface area contributed by atoms with Crippen LogP contribution in [0.4, 0.5) is 5.69 Å². The van der Waals surface area contributed by atoms with Crippen molar-refractivity contribution >= 4 is 27.3 Å². The van der Waals surface area contributed by atoms with Gasteiger partial charge in [-0.1, -0.05) is 23.7 Å². The molecule has 0 aliphatic heterocycles. The van der Waals surface area contributed by atoms with Crippen LogP contribution in [0.1, 0.15) is 0 Å². The van der Waals surface area contributed by atoms with E-state index in [9.17, 15) is 8.42 Å². The fraction of sp³-hybridized carbons (Fsp3) is 0.0455. The van der Waals surface area contributed by atoms with E-state index in [4.69, 9.17) is 16.3 Å². The van der Waals surface area contributed by atoms with Gasteiger partial charge in [-0.25, -0.2) is 13.1 Å². The summed E-state index contributed by atoms with van der Waals surface area (Å²) in [5.41, 5.74) is 3.25. The topological polar surface area (TPSA) is 73.2 Å². The Hall–Kier alpha value is -3.29. The number of benzene rings is 3. The first-order chi connectivity index (χ1) is 14.4. The van der Waals surface area contributed by atoms with Gasteiger partial charge in [0.2, 0.25) is 0 Å². The third-order valence-corrected chi connectivity index (χ3v) is 6.16. The zero-order valence-corrected chi connectivity index (χ0v) is 17.6. The van der Waals surface area contributed by atoms with E-state index in [1.165, 1.54) is 24.3 Å². The number of halogens is 1. The lowest BCUT2D eigenvalue weighted by Gasteiger charge is -2.09. The third kappa shape index (κ3) is 4.32. The van der Waals surface area contributed by atoms with E-state index in [0.29, 0.717) is 10.7 Å². The molecule has 1 aromatic heterocycles. The van der Waals surface area contributed by atoms with Crippen LogP contribution in [-0.4, -0.2) is 25.3 Å². The Balaban J connectivity index is 1.51. The molecule has 0 aliphatic rings. The van der Waals surface area contributed by atoms with Gasteiger partial charge in [-0.2, -0.15) is 5.10 Å². The summed E-state index contributed by atoms with van der Waals surface area (Å²) in [5, 5.41) is 4.88. The molecule has 0 atom stereocenters. The zero-order chi connectivity index (χ0) is 21.1. The van der Waals surface area contributed by atoms with Crippen LogP contribution >= 0.6 is 11.6 Å². The summed E-state index contributed by atoms with van der Waals surface area (Å²) in [6.45, 7) is 0. The first kappa shape index (κ1) is 20.0. The van der Waals surface area contributed by atoms with Crippen molar-refractivity contribution in [1.29, 1.82) is 0 Å². The highest BCUT2D eigenvalue weighted by Crippen LogP contribution is 2.24. The van der Waals surface area contributed by atoms with Crippen molar-refractivity contribution in [3.8, 4) is 22.6 Å². The van der Waals surface area contributed by atoms with Gasteiger partial charge in [-0.3, -0.25) is 4.72 Å². The van der Waals surface area contributed by atoms with E-state index < -0.39 is 10.0 Å². The summed E-state index contributed by atoms with van der Waals surface area (Å²) in [7, 11) is -2.06. The first-order valence-corrected chi connectivity index (χ1v) is 10.9. The number of hydrogen-bond donors (Lipinski definition) is 1. The molecule has 3 aromatic carbocycles. The zero-order valence-electron chi connectivity index (χ0n) is 16.0. The number of methoxy groups -OCH3 is 1. The van der Waals surface area contributed by atoms with Crippen molar-refractivity contribution in [3.05, 3.63) is 90.2 Å². The first-order valence-electron chi connectivity index (χ1n) is 9.02. The van der Waals surface area contributed by atoms with Crippen LogP contribution in [-0.2, 0) is 10.0 Å². The Bertz CT molecular complexity index is 1250. The maximum atomic E-state index is 12.5. The number of anilines is 1. The summed E-state index contributed by atoms with van der Waals surface area (Å²) >= 11 is 5.82. The van der Waals surface area contributed by atoms with Gasteiger partial charge in [0.1, 0.15) is 5.75 Å². The minimum Gasteiger partial charge on any atom is -0.497 e. The SMILES string of the molecule is COc1ccc(-c2cnn(-c3ccc(NS(=O)(=O)c4ccc(Cl)cc4)cc3)c2)cc1. The smallest absolute Gasteiger partial charge is 0.261 e. The average molecular weight is 440 g/mol. The van der Waals surface area contributed by atoms with Gasteiger partial charge in [0.15, 0.2) is 0 Å². The lowest BCUT2D eigenvalue weighted by Crippen LogP contribution is -2.12. The van der Waals surface area contributed by atoms with Gasteiger partial charge in [-0.15, -0.1) is 0 Å². The molecular weight excluding hydrogens is 422 g/mol. The highest BCUT2D eigenvalue weighted by Gasteiger charge is 2.14. The van der Waals surface area contributed by atoms with Crippen molar-refractivity contribution in [2.75, 3.05) is 11.8 Å². The maximum Gasteiger partial charge on any atom is 0.261 e. The minimum atomic E-state index is -3.69.